The molecule has 0 atom stereocenters. The molecule has 2 aromatic carbocycles. The van der Waals surface area contributed by atoms with E-state index in [2.05, 4.69) is 18.2 Å². The van der Waals surface area contributed by atoms with Gasteiger partial charge in [0.25, 0.3) is 0 Å². The average Bonchev–Trinajstić information content (AvgIpc) is 2.51. The van der Waals surface area contributed by atoms with Gasteiger partial charge in [-0.2, -0.15) is 0 Å². The van der Waals surface area contributed by atoms with Crippen molar-refractivity contribution >= 4 is 5.69 Å². The molecule has 1 fully saturated rings. The summed E-state index contributed by atoms with van der Waals surface area (Å²) in [6, 6.07) is 16.1. The van der Waals surface area contributed by atoms with Crippen LogP contribution in [0.3, 0.4) is 0 Å². The van der Waals surface area contributed by atoms with Crippen LogP contribution in [-0.2, 0) is 0 Å². The molecule has 3 rings (SSSR count). The van der Waals surface area contributed by atoms with Gasteiger partial charge in [0.2, 0.25) is 0 Å². The molecule has 0 aliphatic heterocycles. The van der Waals surface area contributed by atoms with E-state index in [0.29, 0.717) is 11.6 Å². The molecule has 1 aliphatic carbocycles. The number of hydrogen-bond acceptors (Lipinski definition) is 2. The van der Waals surface area contributed by atoms with Crippen molar-refractivity contribution in [3.05, 3.63) is 54.1 Å². The van der Waals surface area contributed by atoms with Crippen LogP contribution < -0.4 is 10.5 Å². The second-order valence-corrected chi connectivity index (χ2v) is 5.51. The number of nitrogen functional groups attached to an aromatic ring is 1. The van der Waals surface area contributed by atoms with Crippen LogP contribution in [-0.4, -0.2) is 0 Å². The van der Waals surface area contributed by atoms with E-state index in [4.69, 9.17) is 10.5 Å². The summed E-state index contributed by atoms with van der Waals surface area (Å²) >= 11 is 0. The van der Waals surface area contributed by atoms with Crippen molar-refractivity contribution in [2.24, 2.45) is 0 Å². The molecular formula is C18H21NO. The zero-order valence-electron chi connectivity index (χ0n) is 11.7. The first-order valence-electron chi connectivity index (χ1n) is 7.46. The van der Waals surface area contributed by atoms with Gasteiger partial charge in [-0.25, -0.2) is 0 Å². The fraction of sp³-hybridized carbons (Fsp3) is 0.333. The predicted octanol–water partition coefficient (Wildman–Crippen LogP) is 5.11. The van der Waals surface area contributed by atoms with E-state index in [-0.39, 0.29) is 0 Å². The lowest BCUT2D eigenvalue weighted by molar-refractivity contribution is 0.419. The summed E-state index contributed by atoms with van der Waals surface area (Å²) in [5.74, 6) is 2.33. The third kappa shape index (κ3) is 2.79. The highest BCUT2D eigenvalue weighted by molar-refractivity contribution is 5.54. The van der Waals surface area contributed by atoms with Crippen LogP contribution in [0.2, 0.25) is 0 Å². The van der Waals surface area contributed by atoms with E-state index in [1.165, 1.54) is 37.7 Å². The van der Waals surface area contributed by atoms with Gasteiger partial charge in [-0.3, -0.25) is 0 Å². The minimum atomic E-state index is 0.630. The van der Waals surface area contributed by atoms with Crippen LogP contribution in [0.4, 0.5) is 5.69 Å². The largest absolute Gasteiger partial charge is 0.455 e. The number of hydrogen-bond donors (Lipinski definition) is 1. The second-order valence-electron chi connectivity index (χ2n) is 5.51. The molecule has 0 amide bonds. The van der Waals surface area contributed by atoms with Crippen molar-refractivity contribution in [3.8, 4) is 11.5 Å². The van der Waals surface area contributed by atoms with Crippen LogP contribution in [0, 0.1) is 0 Å². The maximum absolute atomic E-state index is 6.07. The molecule has 104 valence electrons. The van der Waals surface area contributed by atoms with E-state index in [1.807, 2.05) is 30.3 Å². The van der Waals surface area contributed by atoms with E-state index >= 15 is 0 Å². The van der Waals surface area contributed by atoms with Crippen molar-refractivity contribution in [1.29, 1.82) is 0 Å². The quantitative estimate of drug-likeness (QED) is 0.784. The molecule has 0 heterocycles. The Kier molecular flexibility index (Phi) is 3.91. The molecular weight excluding hydrogens is 246 g/mol. The zero-order valence-corrected chi connectivity index (χ0v) is 11.7. The summed E-state index contributed by atoms with van der Waals surface area (Å²) < 4.78 is 6.07. The Balaban J connectivity index is 1.88. The number of nitrogens with two attached hydrogens (primary N) is 1. The molecule has 0 unspecified atom stereocenters. The standard InChI is InChI=1S/C18H21NO/c19-16-11-5-7-13-18(16)20-17-12-6-4-10-15(17)14-8-2-1-3-9-14/h4-7,10-14H,1-3,8-9,19H2. The molecule has 20 heavy (non-hydrogen) atoms. The SMILES string of the molecule is Nc1ccccc1Oc1ccccc1C1CCCCC1. The van der Waals surface area contributed by atoms with Gasteiger partial charge in [0.15, 0.2) is 0 Å². The molecule has 0 radical (unpaired) electrons. The summed E-state index contributed by atoms with van der Waals surface area (Å²) in [5.41, 5.74) is 7.99. The van der Waals surface area contributed by atoms with Gasteiger partial charge in [0, 0.05) is 0 Å². The fourth-order valence-electron chi connectivity index (χ4n) is 3.02. The van der Waals surface area contributed by atoms with Crippen molar-refractivity contribution in [1.82, 2.24) is 0 Å². The van der Waals surface area contributed by atoms with Crippen molar-refractivity contribution < 1.29 is 4.74 Å². The lowest BCUT2D eigenvalue weighted by Gasteiger charge is -2.24. The molecule has 0 aromatic heterocycles. The smallest absolute Gasteiger partial charge is 0.150 e. The number of anilines is 1. The summed E-state index contributed by atoms with van der Waals surface area (Å²) in [6.07, 6.45) is 6.55. The van der Waals surface area contributed by atoms with Crippen LogP contribution in [0.15, 0.2) is 48.5 Å². The average molecular weight is 267 g/mol. The molecule has 0 spiro atoms. The highest BCUT2D eigenvalue weighted by Gasteiger charge is 2.19. The van der Waals surface area contributed by atoms with Crippen molar-refractivity contribution in [2.45, 2.75) is 38.0 Å². The summed E-state index contributed by atoms with van der Waals surface area (Å²) in [5, 5.41) is 0. The normalized spacial score (nSPS) is 16.0. The monoisotopic (exact) mass is 267 g/mol. The number of para-hydroxylation sites is 3. The minimum absolute atomic E-state index is 0.630. The molecule has 2 aromatic rings. The lowest BCUT2D eigenvalue weighted by atomic mass is 9.84. The summed E-state index contributed by atoms with van der Waals surface area (Å²) in [6.45, 7) is 0. The van der Waals surface area contributed by atoms with E-state index in [1.54, 1.807) is 0 Å². The molecule has 0 bridgehead atoms. The van der Waals surface area contributed by atoms with Gasteiger partial charge < -0.3 is 10.5 Å². The predicted molar refractivity (Wildman–Crippen MR) is 83.2 cm³/mol. The van der Waals surface area contributed by atoms with Crippen molar-refractivity contribution in [3.63, 3.8) is 0 Å². The third-order valence-electron chi connectivity index (χ3n) is 4.10. The maximum Gasteiger partial charge on any atom is 0.150 e. The lowest BCUT2D eigenvalue weighted by Crippen LogP contribution is -2.06. The van der Waals surface area contributed by atoms with Crippen molar-refractivity contribution in [2.75, 3.05) is 5.73 Å². The molecule has 0 saturated heterocycles. The Labute approximate surface area is 120 Å². The third-order valence-corrected chi connectivity index (χ3v) is 4.10. The number of ether oxygens (including phenoxy) is 1. The van der Waals surface area contributed by atoms with Gasteiger partial charge in [0.1, 0.15) is 11.5 Å². The minimum Gasteiger partial charge on any atom is -0.455 e. The molecule has 1 saturated carbocycles. The second kappa shape index (κ2) is 6.00. The zero-order chi connectivity index (χ0) is 13.8. The van der Waals surface area contributed by atoms with Gasteiger partial charge in [0.05, 0.1) is 5.69 Å². The van der Waals surface area contributed by atoms with Crippen LogP contribution in [0.5, 0.6) is 11.5 Å². The Hall–Kier alpha value is -1.96. The van der Waals surface area contributed by atoms with Crippen LogP contribution in [0.1, 0.15) is 43.6 Å². The Bertz CT molecular complexity index is 573. The molecule has 1 aliphatic rings. The molecule has 2 heteroatoms. The summed E-state index contributed by atoms with van der Waals surface area (Å²) in [7, 11) is 0. The van der Waals surface area contributed by atoms with E-state index in [9.17, 15) is 0 Å². The first-order chi connectivity index (χ1) is 9.84. The van der Waals surface area contributed by atoms with Gasteiger partial charge in [-0.05, 0) is 42.5 Å². The first-order valence-corrected chi connectivity index (χ1v) is 7.46. The molecule has 2 nitrogen and oxygen atoms in total. The van der Waals surface area contributed by atoms with Crippen LogP contribution in [0.25, 0.3) is 0 Å². The fourth-order valence-corrected chi connectivity index (χ4v) is 3.02. The van der Waals surface area contributed by atoms with Gasteiger partial charge in [-0.15, -0.1) is 0 Å². The molecule has 2 N–H and O–H groups in total. The Morgan fingerprint density at radius 1 is 0.800 bits per heavy atom. The Morgan fingerprint density at radius 2 is 1.45 bits per heavy atom. The van der Waals surface area contributed by atoms with Gasteiger partial charge in [-0.1, -0.05) is 49.6 Å². The highest BCUT2D eigenvalue weighted by atomic mass is 16.5. The maximum atomic E-state index is 6.07. The van der Waals surface area contributed by atoms with E-state index < -0.39 is 0 Å². The van der Waals surface area contributed by atoms with E-state index in [0.717, 1.165) is 11.5 Å². The summed E-state index contributed by atoms with van der Waals surface area (Å²) in [4.78, 5) is 0. The van der Waals surface area contributed by atoms with Crippen LogP contribution >= 0.6 is 0 Å². The first kappa shape index (κ1) is 13.0. The highest BCUT2D eigenvalue weighted by Crippen LogP contribution is 2.39. The van der Waals surface area contributed by atoms with Gasteiger partial charge >= 0.3 is 0 Å². The number of benzene rings is 2. The topological polar surface area (TPSA) is 35.2 Å². The Morgan fingerprint density at radius 3 is 2.20 bits per heavy atom. The number of rotatable bonds is 3.